The third-order valence-corrected chi connectivity index (χ3v) is 7.67. The SMILES string of the molecule is N=NC(N)=NC(=O)c1ccc(CN(C(=O)Nc2ccc(OCC3CC3)c(C(F)(F)F)c2)c2ccc(C3=CCCCC3)cc2)cc1. The molecule has 4 N–H and O–H groups in total. The minimum atomic E-state index is -4.68. The zero-order valence-electron chi connectivity index (χ0n) is 24.4. The summed E-state index contributed by atoms with van der Waals surface area (Å²) in [7, 11) is 0. The summed E-state index contributed by atoms with van der Waals surface area (Å²) < 4.78 is 47.2. The maximum absolute atomic E-state index is 13.9. The lowest BCUT2D eigenvalue weighted by atomic mass is 9.93. The number of guanidine groups is 1. The molecule has 3 amide bonds. The van der Waals surface area contributed by atoms with E-state index in [4.69, 9.17) is 16.0 Å². The minimum Gasteiger partial charge on any atom is -0.493 e. The Balaban J connectivity index is 1.40. The maximum atomic E-state index is 13.9. The first-order valence-electron chi connectivity index (χ1n) is 14.7. The molecule has 1 saturated carbocycles. The largest absolute Gasteiger partial charge is 0.493 e. The van der Waals surface area contributed by atoms with Crippen molar-refractivity contribution in [3.63, 3.8) is 0 Å². The molecular formula is C33H33F3N6O3. The highest BCUT2D eigenvalue weighted by Crippen LogP contribution is 2.39. The molecule has 0 heterocycles. The molecule has 0 spiro atoms. The average molecular weight is 619 g/mol. The number of urea groups is 1. The van der Waals surface area contributed by atoms with E-state index in [1.54, 1.807) is 24.3 Å². The zero-order valence-corrected chi connectivity index (χ0v) is 24.4. The van der Waals surface area contributed by atoms with E-state index in [-0.39, 0.29) is 36.1 Å². The summed E-state index contributed by atoms with van der Waals surface area (Å²) in [4.78, 5) is 30.9. The van der Waals surface area contributed by atoms with Crippen molar-refractivity contribution in [2.75, 3.05) is 16.8 Å². The Kier molecular flexibility index (Phi) is 9.60. The first-order chi connectivity index (χ1) is 21.6. The molecule has 9 nitrogen and oxygen atoms in total. The third-order valence-electron chi connectivity index (χ3n) is 7.67. The topological polar surface area (TPSA) is 133 Å². The van der Waals surface area contributed by atoms with E-state index in [0.717, 1.165) is 50.2 Å². The van der Waals surface area contributed by atoms with Gasteiger partial charge in [0.15, 0.2) is 0 Å². The van der Waals surface area contributed by atoms with E-state index in [9.17, 15) is 22.8 Å². The van der Waals surface area contributed by atoms with Crippen LogP contribution in [-0.2, 0) is 12.7 Å². The molecule has 3 aromatic carbocycles. The summed E-state index contributed by atoms with van der Waals surface area (Å²) in [5, 5.41) is 5.53. The van der Waals surface area contributed by atoms with Crippen LogP contribution in [0, 0.1) is 11.4 Å². The van der Waals surface area contributed by atoms with E-state index in [1.807, 2.05) is 12.1 Å². The number of carbonyl (C=O) groups excluding carboxylic acids is 2. The summed E-state index contributed by atoms with van der Waals surface area (Å²) in [6.45, 7) is 0.268. The summed E-state index contributed by atoms with van der Waals surface area (Å²) in [6, 6.07) is 16.6. The molecule has 12 heteroatoms. The molecule has 2 aliphatic carbocycles. The van der Waals surface area contributed by atoms with Gasteiger partial charge in [-0.3, -0.25) is 9.69 Å². The second kappa shape index (κ2) is 13.7. The van der Waals surface area contributed by atoms with Gasteiger partial charge in [0.2, 0.25) is 5.96 Å². The first kappa shape index (κ1) is 31.4. The molecule has 1 fully saturated rings. The summed E-state index contributed by atoms with van der Waals surface area (Å²) in [5.41, 5.74) is 14.9. The Morgan fingerprint density at radius 3 is 2.38 bits per heavy atom. The van der Waals surface area contributed by atoms with E-state index < -0.39 is 29.6 Å². The Labute approximate surface area is 258 Å². The number of alkyl halides is 3. The van der Waals surface area contributed by atoms with Gasteiger partial charge in [-0.15, -0.1) is 5.11 Å². The Morgan fingerprint density at radius 1 is 1.02 bits per heavy atom. The molecule has 0 aromatic heterocycles. The van der Waals surface area contributed by atoms with Crippen LogP contribution >= 0.6 is 0 Å². The average Bonchev–Trinajstić information content (AvgIpc) is 3.88. The normalized spacial score (nSPS) is 15.2. The molecule has 0 unspecified atom stereocenters. The van der Waals surface area contributed by atoms with E-state index in [0.29, 0.717) is 11.3 Å². The van der Waals surface area contributed by atoms with Crippen LogP contribution in [0.25, 0.3) is 5.57 Å². The van der Waals surface area contributed by atoms with Crippen LogP contribution in [0.1, 0.15) is 65.6 Å². The molecule has 3 aromatic rings. The number of benzene rings is 3. The number of nitrogens with one attached hydrogen (secondary N) is 2. The van der Waals surface area contributed by atoms with E-state index >= 15 is 0 Å². The molecule has 45 heavy (non-hydrogen) atoms. The van der Waals surface area contributed by atoms with Crippen LogP contribution in [0.15, 0.2) is 82.9 Å². The number of hydrogen-bond acceptors (Lipinski definition) is 4. The smallest absolute Gasteiger partial charge is 0.420 e. The van der Waals surface area contributed by atoms with Gasteiger partial charge in [-0.1, -0.05) is 30.3 Å². The van der Waals surface area contributed by atoms with Gasteiger partial charge in [-0.05, 0) is 104 Å². The fourth-order valence-corrected chi connectivity index (χ4v) is 5.00. The highest BCUT2D eigenvalue weighted by molar-refractivity contribution is 6.03. The number of nitrogens with two attached hydrogens (primary N) is 1. The Hall–Kier alpha value is -5.00. The van der Waals surface area contributed by atoms with Crippen LogP contribution in [0.2, 0.25) is 0 Å². The van der Waals surface area contributed by atoms with Crippen LogP contribution in [0.4, 0.5) is 29.3 Å². The second-order valence-electron chi connectivity index (χ2n) is 11.1. The Bertz CT molecular complexity index is 1610. The molecule has 234 valence electrons. The van der Waals surface area contributed by atoms with Crippen molar-refractivity contribution in [2.45, 2.75) is 51.2 Å². The van der Waals surface area contributed by atoms with Gasteiger partial charge in [-0.25, -0.2) is 10.3 Å². The maximum Gasteiger partial charge on any atom is 0.420 e. The number of carbonyl (C=O) groups is 2. The fraction of sp³-hybridized carbons (Fsp3) is 0.303. The second-order valence-corrected chi connectivity index (χ2v) is 11.1. The number of allylic oxidation sites excluding steroid dienone is 2. The lowest BCUT2D eigenvalue weighted by Crippen LogP contribution is -2.34. The van der Waals surface area contributed by atoms with Gasteiger partial charge in [-0.2, -0.15) is 18.2 Å². The standard InChI is InChI=1S/C33H33F3N6O3/c34-33(35,36)28-18-26(14-17-29(28)45-20-22-6-7-22)39-32(44)42(27-15-12-24(13-16-27)23-4-2-1-3-5-23)19-21-8-10-25(11-9-21)30(43)40-31(37)41-38/h4,8-18,22,38H,1-3,5-7,19-20H2,(H,39,44)(H2,37,40,43). The fourth-order valence-electron chi connectivity index (χ4n) is 5.00. The molecule has 0 bridgehead atoms. The molecule has 0 aliphatic heterocycles. The minimum absolute atomic E-state index is 0.0312. The number of rotatable bonds is 9. The van der Waals surface area contributed by atoms with Crippen molar-refractivity contribution in [1.29, 1.82) is 5.53 Å². The van der Waals surface area contributed by atoms with Crippen molar-refractivity contribution in [3.05, 3.63) is 95.1 Å². The molecule has 0 atom stereocenters. The van der Waals surface area contributed by atoms with Crippen LogP contribution < -0.4 is 20.7 Å². The number of hydrogen-bond donors (Lipinski definition) is 3. The van der Waals surface area contributed by atoms with Gasteiger partial charge < -0.3 is 15.8 Å². The van der Waals surface area contributed by atoms with E-state index in [1.165, 1.54) is 34.7 Å². The number of ether oxygens (including phenoxy) is 1. The van der Waals surface area contributed by atoms with Crippen molar-refractivity contribution >= 4 is 34.8 Å². The third kappa shape index (κ3) is 8.34. The van der Waals surface area contributed by atoms with Crippen LogP contribution in [-0.4, -0.2) is 24.5 Å². The molecular weight excluding hydrogens is 585 g/mol. The van der Waals surface area contributed by atoms with Crippen molar-refractivity contribution in [1.82, 2.24) is 0 Å². The first-order valence-corrected chi connectivity index (χ1v) is 14.7. The van der Waals surface area contributed by atoms with E-state index in [2.05, 4.69) is 21.5 Å². The molecule has 0 saturated heterocycles. The number of nitrogens with zero attached hydrogens (tertiary/aromatic N) is 3. The highest BCUT2D eigenvalue weighted by Gasteiger charge is 2.35. The lowest BCUT2D eigenvalue weighted by molar-refractivity contribution is -0.138. The highest BCUT2D eigenvalue weighted by atomic mass is 19.4. The summed E-state index contributed by atoms with van der Waals surface area (Å²) in [6.07, 6.45) is 3.68. The van der Waals surface area contributed by atoms with Crippen molar-refractivity contribution < 1.29 is 27.5 Å². The van der Waals surface area contributed by atoms with Gasteiger partial charge in [0.1, 0.15) is 5.75 Å². The predicted octanol–water partition coefficient (Wildman–Crippen LogP) is 8.18. The number of amides is 3. The number of anilines is 2. The monoisotopic (exact) mass is 618 g/mol. The molecule has 2 aliphatic rings. The van der Waals surface area contributed by atoms with Gasteiger partial charge >= 0.3 is 12.2 Å². The van der Waals surface area contributed by atoms with Gasteiger partial charge in [0, 0.05) is 16.9 Å². The summed E-state index contributed by atoms with van der Waals surface area (Å²) >= 11 is 0. The molecule has 0 radical (unpaired) electrons. The van der Waals surface area contributed by atoms with Crippen LogP contribution in [0.3, 0.4) is 0 Å². The Morgan fingerprint density at radius 2 is 1.76 bits per heavy atom. The molecule has 5 rings (SSSR count). The summed E-state index contributed by atoms with van der Waals surface area (Å²) in [5.74, 6) is -1.15. The van der Waals surface area contributed by atoms with Gasteiger partial charge in [0.25, 0.3) is 5.91 Å². The quantitative estimate of drug-likeness (QED) is 0.127. The van der Waals surface area contributed by atoms with Crippen molar-refractivity contribution in [3.8, 4) is 5.75 Å². The van der Waals surface area contributed by atoms with Gasteiger partial charge in [0.05, 0.1) is 18.7 Å². The number of aliphatic imine (C=N–C) groups is 1. The zero-order chi connectivity index (χ0) is 32.0. The van der Waals surface area contributed by atoms with Crippen molar-refractivity contribution in [2.24, 2.45) is 21.8 Å². The number of halogens is 3. The van der Waals surface area contributed by atoms with Crippen LogP contribution in [0.5, 0.6) is 5.75 Å². The lowest BCUT2D eigenvalue weighted by Gasteiger charge is -2.25. The predicted molar refractivity (Wildman–Crippen MR) is 165 cm³/mol.